The summed E-state index contributed by atoms with van der Waals surface area (Å²) in [6.45, 7) is 3.49. The SMILES string of the molecule is COc1ccc(C)cc1C(=O)CCC(=O)Nc1cc(=O)[nH]c(C)n1. The largest absolute Gasteiger partial charge is 0.496 e. The zero-order valence-corrected chi connectivity index (χ0v) is 13.8. The summed E-state index contributed by atoms with van der Waals surface area (Å²) in [5.41, 5.74) is 1.04. The highest BCUT2D eigenvalue weighted by atomic mass is 16.5. The number of carbonyl (C=O) groups excluding carboxylic acids is 2. The van der Waals surface area contributed by atoms with Gasteiger partial charge in [0.15, 0.2) is 5.78 Å². The van der Waals surface area contributed by atoms with Gasteiger partial charge in [-0.05, 0) is 26.0 Å². The number of nitrogens with zero attached hydrogens (tertiary/aromatic N) is 1. The molecule has 0 aliphatic carbocycles. The summed E-state index contributed by atoms with van der Waals surface area (Å²) >= 11 is 0. The van der Waals surface area contributed by atoms with Gasteiger partial charge in [-0.15, -0.1) is 0 Å². The molecule has 7 nitrogen and oxygen atoms in total. The summed E-state index contributed by atoms with van der Waals surface area (Å²) < 4.78 is 5.18. The fraction of sp³-hybridized carbons (Fsp3) is 0.294. The molecule has 24 heavy (non-hydrogen) atoms. The quantitative estimate of drug-likeness (QED) is 0.789. The van der Waals surface area contributed by atoms with Crippen LogP contribution in [0.25, 0.3) is 0 Å². The predicted octanol–water partition coefficient (Wildman–Crippen LogP) is 2.00. The van der Waals surface area contributed by atoms with Gasteiger partial charge in [0.2, 0.25) is 5.91 Å². The van der Waals surface area contributed by atoms with Gasteiger partial charge >= 0.3 is 0 Å². The van der Waals surface area contributed by atoms with Gasteiger partial charge in [-0.2, -0.15) is 0 Å². The van der Waals surface area contributed by atoms with E-state index in [0.717, 1.165) is 5.56 Å². The number of ketones is 1. The molecule has 0 fully saturated rings. The first kappa shape index (κ1) is 17.4. The second-order valence-corrected chi connectivity index (χ2v) is 5.39. The van der Waals surface area contributed by atoms with E-state index in [9.17, 15) is 14.4 Å². The van der Waals surface area contributed by atoms with Gasteiger partial charge in [-0.1, -0.05) is 11.6 Å². The van der Waals surface area contributed by atoms with Crippen LogP contribution in [0.1, 0.15) is 34.6 Å². The fourth-order valence-electron chi connectivity index (χ4n) is 2.25. The lowest BCUT2D eigenvalue weighted by molar-refractivity contribution is -0.116. The Kier molecular flexibility index (Phi) is 5.47. The number of nitrogens with one attached hydrogen (secondary N) is 2. The van der Waals surface area contributed by atoms with Crippen LogP contribution in [0.5, 0.6) is 5.75 Å². The van der Waals surface area contributed by atoms with Crippen LogP contribution in [0, 0.1) is 13.8 Å². The minimum absolute atomic E-state index is 0.0105. The van der Waals surface area contributed by atoms with E-state index in [1.807, 2.05) is 13.0 Å². The van der Waals surface area contributed by atoms with Crippen LogP contribution < -0.4 is 15.6 Å². The van der Waals surface area contributed by atoms with Crippen LogP contribution in [0.15, 0.2) is 29.1 Å². The maximum absolute atomic E-state index is 12.3. The van der Waals surface area contributed by atoms with E-state index >= 15 is 0 Å². The Hall–Kier alpha value is -2.96. The molecule has 126 valence electrons. The summed E-state index contributed by atoms with van der Waals surface area (Å²) in [6.07, 6.45) is 0.0251. The third-order valence-electron chi connectivity index (χ3n) is 3.36. The highest BCUT2D eigenvalue weighted by Gasteiger charge is 2.14. The van der Waals surface area contributed by atoms with Crippen molar-refractivity contribution in [1.82, 2.24) is 9.97 Å². The number of H-pyrrole nitrogens is 1. The molecule has 2 rings (SSSR count). The first-order valence-electron chi connectivity index (χ1n) is 7.44. The number of anilines is 1. The Balaban J connectivity index is 2.00. The third-order valence-corrected chi connectivity index (χ3v) is 3.36. The highest BCUT2D eigenvalue weighted by molar-refractivity contribution is 6.01. The van der Waals surface area contributed by atoms with Crippen molar-refractivity contribution in [3.63, 3.8) is 0 Å². The number of methoxy groups -OCH3 is 1. The molecule has 0 aliphatic rings. The maximum atomic E-state index is 12.3. The Morgan fingerprint density at radius 1 is 1.21 bits per heavy atom. The zero-order valence-electron chi connectivity index (χ0n) is 13.8. The molecule has 0 unspecified atom stereocenters. The molecule has 0 radical (unpaired) electrons. The summed E-state index contributed by atoms with van der Waals surface area (Å²) in [5.74, 6) is 0.492. The van der Waals surface area contributed by atoms with Crippen molar-refractivity contribution in [3.8, 4) is 5.75 Å². The van der Waals surface area contributed by atoms with Gasteiger partial charge in [-0.25, -0.2) is 4.98 Å². The van der Waals surface area contributed by atoms with Crippen molar-refractivity contribution in [2.75, 3.05) is 12.4 Å². The number of aryl methyl sites for hydroxylation is 2. The van der Waals surface area contributed by atoms with Gasteiger partial charge < -0.3 is 15.0 Å². The van der Waals surface area contributed by atoms with Crippen molar-refractivity contribution in [1.29, 1.82) is 0 Å². The molecular formula is C17H19N3O4. The highest BCUT2D eigenvalue weighted by Crippen LogP contribution is 2.21. The Morgan fingerprint density at radius 3 is 2.62 bits per heavy atom. The summed E-state index contributed by atoms with van der Waals surface area (Å²) in [7, 11) is 1.50. The van der Waals surface area contributed by atoms with Crippen molar-refractivity contribution < 1.29 is 14.3 Å². The van der Waals surface area contributed by atoms with Crippen LogP contribution in [0.3, 0.4) is 0 Å². The monoisotopic (exact) mass is 329 g/mol. The van der Waals surface area contributed by atoms with Crippen LogP contribution in [0.4, 0.5) is 5.82 Å². The number of hydrogen-bond donors (Lipinski definition) is 2. The van der Waals surface area contributed by atoms with E-state index in [1.165, 1.54) is 13.2 Å². The first-order valence-corrected chi connectivity index (χ1v) is 7.44. The van der Waals surface area contributed by atoms with E-state index < -0.39 is 0 Å². The number of ether oxygens (including phenoxy) is 1. The Morgan fingerprint density at radius 2 is 1.96 bits per heavy atom. The molecule has 0 saturated carbocycles. The number of aromatic nitrogens is 2. The van der Waals surface area contributed by atoms with Crippen LogP contribution in [0.2, 0.25) is 0 Å². The molecule has 1 heterocycles. The molecule has 2 aromatic rings. The summed E-state index contributed by atoms with van der Waals surface area (Å²) in [4.78, 5) is 42.1. The van der Waals surface area contributed by atoms with E-state index in [-0.39, 0.29) is 35.9 Å². The average Bonchev–Trinajstić information content (AvgIpc) is 2.51. The molecule has 0 bridgehead atoms. The van der Waals surface area contributed by atoms with E-state index in [1.54, 1.807) is 19.1 Å². The van der Waals surface area contributed by atoms with Crippen LogP contribution in [-0.4, -0.2) is 28.8 Å². The summed E-state index contributed by atoms with van der Waals surface area (Å²) in [6, 6.07) is 6.51. The van der Waals surface area contributed by atoms with Crippen LogP contribution in [-0.2, 0) is 4.79 Å². The number of aromatic amines is 1. The van der Waals surface area contributed by atoms with Crippen molar-refractivity contribution in [3.05, 3.63) is 51.6 Å². The van der Waals surface area contributed by atoms with Gasteiger partial charge in [0.05, 0.1) is 12.7 Å². The number of Topliss-reactive ketones (excluding diaryl/α,β-unsaturated/α-hetero) is 1. The second kappa shape index (κ2) is 7.54. The van der Waals surface area contributed by atoms with Crippen molar-refractivity contribution in [2.24, 2.45) is 0 Å². The lowest BCUT2D eigenvalue weighted by Gasteiger charge is -2.09. The lowest BCUT2D eigenvalue weighted by atomic mass is 10.0. The van der Waals surface area contributed by atoms with Crippen molar-refractivity contribution >= 4 is 17.5 Å². The van der Waals surface area contributed by atoms with Gasteiger partial charge in [-0.3, -0.25) is 14.4 Å². The minimum Gasteiger partial charge on any atom is -0.496 e. The van der Waals surface area contributed by atoms with E-state index in [4.69, 9.17) is 4.74 Å². The molecule has 0 atom stereocenters. The molecule has 0 aliphatic heterocycles. The number of hydrogen-bond acceptors (Lipinski definition) is 5. The first-order chi connectivity index (χ1) is 11.4. The maximum Gasteiger partial charge on any atom is 0.252 e. The summed E-state index contributed by atoms with van der Waals surface area (Å²) in [5, 5.41) is 2.52. The lowest BCUT2D eigenvalue weighted by Crippen LogP contribution is -2.18. The molecule has 1 aromatic carbocycles. The Labute approximate surface area is 139 Å². The van der Waals surface area contributed by atoms with Gasteiger partial charge in [0, 0.05) is 18.9 Å². The average molecular weight is 329 g/mol. The molecule has 2 N–H and O–H groups in total. The van der Waals surface area contributed by atoms with Crippen LogP contribution >= 0.6 is 0 Å². The number of amides is 1. The number of rotatable bonds is 6. The topological polar surface area (TPSA) is 101 Å². The molecule has 7 heteroatoms. The second-order valence-electron chi connectivity index (χ2n) is 5.39. The van der Waals surface area contributed by atoms with Gasteiger partial charge in [0.25, 0.3) is 5.56 Å². The molecule has 0 saturated heterocycles. The zero-order chi connectivity index (χ0) is 17.7. The predicted molar refractivity (Wildman–Crippen MR) is 89.5 cm³/mol. The smallest absolute Gasteiger partial charge is 0.252 e. The minimum atomic E-state index is -0.382. The van der Waals surface area contributed by atoms with E-state index in [2.05, 4.69) is 15.3 Å². The third kappa shape index (κ3) is 4.52. The molecule has 1 amide bonds. The molecule has 0 spiro atoms. The number of carbonyl (C=O) groups is 2. The Bertz CT molecular complexity index is 827. The number of benzene rings is 1. The van der Waals surface area contributed by atoms with Gasteiger partial charge in [0.1, 0.15) is 17.4 Å². The fourth-order valence-corrected chi connectivity index (χ4v) is 2.25. The molecule has 1 aromatic heterocycles. The standard InChI is InChI=1S/C17H19N3O4/c1-10-4-6-14(24-3)12(8-10)13(21)5-7-16(22)20-15-9-17(23)19-11(2)18-15/h4,6,8-9H,5,7H2,1-3H3,(H2,18,19,20,22,23). The normalized spacial score (nSPS) is 10.3. The van der Waals surface area contributed by atoms with E-state index in [0.29, 0.717) is 17.1 Å². The van der Waals surface area contributed by atoms with Crippen molar-refractivity contribution in [2.45, 2.75) is 26.7 Å². The molecular weight excluding hydrogens is 310 g/mol.